The van der Waals surface area contributed by atoms with Gasteiger partial charge in [0.2, 0.25) is 0 Å². The molecule has 20 heavy (non-hydrogen) atoms. The zero-order valence-electron chi connectivity index (χ0n) is 12.3. The van der Waals surface area contributed by atoms with Crippen LogP contribution in [0.5, 0.6) is 5.75 Å². The Morgan fingerprint density at radius 3 is 2.85 bits per heavy atom. The fourth-order valence-electron chi connectivity index (χ4n) is 2.17. The minimum absolute atomic E-state index is 0.242. The molecule has 1 N–H and O–H groups in total. The number of hydrogen-bond donors (Lipinski definition) is 1. The molecule has 108 valence electrons. The predicted octanol–water partition coefficient (Wildman–Crippen LogP) is 2.11. The van der Waals surface area contributed by atoms with Crippen LogP contribution >= 0.6 is 0 Å². The zero-order valence-corrected chi connectivity index (χ0v) is 12.3. The van der Waals surface area contributed by atoms with Crippen molar-refractivity contribution in [2.75, 3.05) is 13.2 Å². The van der Waals surface area contributed by atoms with Gasteiger partial charge in [-0.2, -0.15) is 0 Å². The molecular formula is C15H22N4O. The number of rotatable bonds is 7. The molecule has 0 aliphatic rings. The lowest BCUT2D eigenvalue weighted by Crippen LogP contribution is -2.22. The van der Waals surface area contributed by atoms with Crippen LogP contribution in [0.1, 0.15) is 31.3 Å². The van der Waals surface area contributed by atoms with Crippen molar-refractivity contribution in [1.29, 1.82) is 0 Å². The van der Waals surface area contributed by atoms with Crippen LogP contribution in [0.25, 0.3) is 0 Å². The number of nitrogens with zero attached hydrogens (tertiary/aromatic N) is 3. The molecule has 0 fully saturated rings. The molecule has 1 heterocycles. The molecular weight excluding hydrogens is 252 g/mol. The molecule has 0 spiro atoms. The van der Waals surface area contributed by atoms with Crippen LogP contribution in [-0.4, -0.2) is 27.9 Å². The van der Waals surface area contributed by atoms with E-state index >= 15 is 0 Å². The molecule has 0 radical (unpaired) electrons. The Bertz CT molecular complexity index is 538. The maximum absolute atomic E-state index is 5.66. The largest absolute Gasteiger partial charge is 0.494 e. The van der Waals surface area contributed by atoms with Gasteiger partial charge in [-0.05, 0) is 19.9 Å². The number of aromatic nitrogens is 3. The summed E-state index contributed by atoms with van der Waals surface area (Å²) in [4.78, 5) is 0. The molecule has 1 aromatic heterocycles. The van der Waals surface area contributed by atoms with E-state index in [4.69, 9.17) is 4.74 Å². The van der Waals surface area contributed by atoms with E-state index in [2.05, 4.69) is 28.5 Å². The second kappa shape index (κ2) is 7.05. The topological polar surface area (TPSA) is 52.0 Å². The van der Waals surface area contributed by atoms with Crippen molar-refractivity contribution in [1.82, 2.24) is 20.1 Å². The molecule has 1 aromatic carbocycles. The first-order valence-corrected chi connectivity index (χ1v) is 7.00. The highest BCUT2D eigenvalue weighted by Crippen LogP contribution is 2.24. The molecule has 5 nitrogen and oxygen atoms in total. The molecule has 0 saturated carbocycles. The summed E-state index contributed by atoms with van der Waals surface area (Å²) in [5.74, 6) is 1.94. The first-order valence-electron chi connectivity index (χ1n) is 7.00. The molecule has 2 rings (SSSR count). The van der Waals surface area contributed by atoms with Gasteiger partial charge in [0.25, 0.3) is 0 Å². The van der Waals surface area contributed by atoms with Crippen LogP contribution in [0.3, 0.4) is 0 Å². The predicted molar refractivity (Wildman–Crippen MR) is 78.7 cm³/mol. The standard InChI is InChI=1S/C15H22N4O/c1-4-20-14-8-6-5-7-13(14)12(2)16-10-9-15-18-17-11-19(15)3/h5-8,11-12,16H,4,9-10H2,1-3H3. The van der Waals surface area contributed by atoms with E-state index in [1.54, 1.807) is 6.33 Å². The average Bonchev–Trinajstić information content (AvgIpc) is 2.85. The lowest BCUT2D eigenvalue weighted by Gasteiger charge is -2.17. The quantitative estimate of drug-likeness (QED) is 0.840. The molecule has 1 unspecified atom stereocenters. The summed E-state index contributed by atoms with van der Waals surface area (Å²) in [6.07, 6.45) is 2.58. The van der Waals surface area contributed by atoms with Crippen LogP contribution < -0.4 is 10.1 Å². The smallest absolute Gasteiger partial charge is 0.133 e. The molecule has 1 atom stereocenters. The lowest BCUT2D eigenvalue weighted by atomic mass is 10.1. The van der Waals surface area contributed by atoms with E-state index in [1.165, 1.54) is 5.56 Å². The molecule has 2 aromatic rings. The van der Waals surface area contributed by atoms with Crippen molar-refractivity contribution in [3.63, 3.8) is 0 Å². The highest BCUT2D eigenvalue weighted by atomic mass is 16.5. The van der Waals surface area contributed by atoms with Gasteiger partial charge in [0.1, 0.15) is 17.9 Å². The molecule has 0 amide bonds. The van der Waals surface area contributed by atoms with Gasteiger partial charge in [-0.25, -0.2) is 0 Å². The molecule has 0 bridgehead atoms. The van der Waals surface area contributed by atoms with Gasteiger partial charge in [-0.1, -0.05) is 18.2 Å². The molecule has 0 aliphatic heterocycles. The second-order valence-corrected chi connectivity index (χ2v) is 4.75. The van der Waals surface area contributed by atoms with Gasteiger partial charge in [0.05, 0.1) is 6.61 Å². The van der Waals surface area contributed by atoms with Crippen LogP contribution in [0.2, 0.25) is 0 Å². The van der Waals surface area contributed by atoms with Gasteiger partial charge < -0.3 is 14.6 Å². The van der Waals surface area contributed by atoms with Gasteiger partial charge in [0, 0.05) is 31.6 Å². The van der Waals surface area contributed by atoms with Crippen LogP contribution in [0.4, 0.5) is 0 Å². The summed E-state index contributed by atoms with van der Waals surface area (Å²) in [6.45, 7) is 5.69. The van der Waals surface area contributed by atoms with Crippen molar-refractivity contribution in [3.05, 3.63) is 42.0 Å². The Labute approximate surface area is 120 Å². The lowest BCUT2D eigenvalue weighted by molar-refractivity contribution is 0.332. The fourth-order valence-corrected chi connectivity index (χ4v) is 2.17. The normalized spacial score (nSPS) is 12.3. The average molecular weight is 274 g/mol. The molecule has 0 aliphatic carbocycles. The van der Waals surface area contributed by atoms with E-state index in [1.807, 2.05) is 36.7 Å². The third-order valence-electron chi connectivity index (χ3n) is 3.29. The first-order chi connectivity index (χ1) is 9.72. The summed E-state index contributed by atoms with van der Waals surface area (Å²) in [6, 6.07) is 8.40. The Hall–Kier alpha value is -1.88. The SMILES string of the molecule is CCOc1ccccc1C(C)NCCc1nncn1C. The summed E-state index contributed by atoms with van der Waals surface area (Å²) in [5.41, 5.74) is 1.19. The van der Waals surface area contributed by atoms with Crippen molar-refractivity contribution < 1.29 is 4.74 Å². The fraction of sp³-hybridized carbons (Fsp3) is 0.467. The van der Waals surface area contributed by atoms with Crippen LogP contribution in [0, 0.1) is 0 Å². The van der Waals surface area contributed by atoms with Gasteiger partial charge in [-0.15, -0.1) is 10.2 Å². The summed E-state index contributed by atoms with van der Waals surface area (Å²) < 4.78 is 7.61. The maximum Gasteiger partial charge on any atom is 0.133 e. The van der Waals surface area contributed by atoms with Gasteiger partial charge in [0.15, 0.2) is 0 Å². The number of benzene rings is 1. The third kappa shape index (κ3) is 3.57. The van der Waals surface area contributed by atoms with E-state index in [0.29, 0.717) is 6.61 Å². The number of para-hydroxylation sites is 1. The summed E-state index contributed by atoms with van der Waals surface area (Å²) in [7, 11) is 1.96. The highest BCUT2D eigenvalue weighted by molar-refractivity contribution is 5.35. The number of nitrogens with one attached hydrogen (secondary N) is 1. The Morgan fingerprint density at radius 1 is 1.35 bits per heavy atom. The zero-order chi connectivity index (χ0) is 14.4. The maximum atomic E-state index is 5.66. The van der Waals surface area contributed by atoms with E-state index < -0.39 is 0 Å². The van der Waals surface area contributed by atoms with Crippen LogP contribution in [-0.2, 0) is 13.5 Å². The summed E-state index contributed by atoms with van der Waals surface area (Å²) >= 11 is 0. The monoisotopic (exact) mass is 274 g/mol. The minimum Gasteiger partial charge on any atom is -0.494 e. The minimum atomic E-state index is 0.242. The second-order valence-electron chi connectivity index (χ2n) is 4.75. The van der Waals surface area contributed by atoms with Crippen LogP contribution in [0.15, 0.2) is 30.6 Å². The summed E-state index contributed by atoms with van der Waals surface area (Å²) in [5, 5.41) is 11.5. The van der Waals surface area contributed by atoms with Crippen molar-refractivity contribution in [2.24, 2.45) is 7.05 Å². The number of ether oxygens (including phenoxy) is 1. The van der Waals surface area contributed by atoms with Gasteiger partial charge in [-0.3, -0.25) is 0 Å². The van der Waals surface area contributed by atoms with Crippen molar-refractivity contribution in [2.45, 2.75) is 26.3 Å². The first kappa shape index (κ1) is 14.5. The van der Waals surface area contributed by atoms with E-state index in [-0.39, 0.29) is 6.04 Å². The van der Waals surface area contributed by atoms with Gasteiger partial charge >= 0.3 is 0 Å². The number of aryl methyl sites for hydroxylation is 1. The molecule has 5 heteroatoms. The van der Waals surface area contributed by atoms with Crippen molar-refractivity contribution in [3.8, 4) is 5.75 Å². The Morgan fingerprint density at radius 2 is 2.15 bits per heavy atom. The van der Waals surface area contributed by atoms with E-state index in [0.717, 1.165) is 24.5 Å². The third-order valence-corrected chi connectivity index (χ3v) is 3.29. The molecule has 0 saturated heterocycles. The van der Waals surface area contributed by atoms with Crippen molar-refractivity contribution >= 4 is 0 Å². The van der Waals surface area contributed by atoms with E-state index in [9.17, 15) is 0 Å². The Balaban J connectivity index is 1.91. The number of hydrogen-bond acceptors (Lipinski definition) is 4. The highest BCUT2D eigenvalue weighted by Gasteiger charge is 2.10. The Kier molecular flexibility index (Phi) is 5.12.